The molecule has 0 aliphatic carbocycles. The molecule has 0 saturated heterocycles. The van der Waals surface area contributed by atoms with Crippen molar-refractivity contribution in [3.8, 4) is 17.2 Å². The molecule has 160 valence electrons. The average Bonchev–Trinajstić information content (AvgIpc) is 2.66. The summed E-state index contributed by atoms with van der Waals surface area (Å²) < 4.78 is 38.0. The Hall–Kier alpha value is -2.05. The van der Waals surface area contributed by atoms with Crippen LogP contribution < -0.4 is 4.74 Å². The highest BCUT2D eigenvalue weighted by molar-refractivity contribution is 7.86. The summed E-state index contributed by atoms with van der Waals surface area (Å²) in [5.74, 6) is 0.430. The van der Waals surface area contributed by atoms with Gasteiger partial charge in [0.25, 0.3) is 10.1 Å². The van der Waals surface area contributed by atoms with Gasteiger partial charge in [0, 0.05) is 6.07 Å². The number of aromatic hydroxyl groups is 1. The van der Waals surface area contributed by atoms with Gasteiger partial charge in [-0.05, 0) is 42.7 Å². The van der Waals surface area contributed by atoms with Gasteiger partial charge in [0.2, 0.25) is 0 Å². The van der Waals surface area contributed by atoms with E-state index in [1.165, 1.54) is 69.2 Å². The zero-order valence-electron chi connectivity index (χ0n) is 17.1. The summed E-state index contributed by atoms with van der Waals surface area (Å²) >= 11 is 0. The number of rotatable bonds is 13. The molecule has 0 aliphatic heterocycles. The van der Waals surface area contributed by atoms with Crippen LogP contribution in [-0.4, -0.2) is 18.1 Å². The number of benzene rings is 2. The fourth-order valence-corrected chi connectivity index (χ4v) is 3.98. The standard InChI is InChI=1S/C23H32O5S/c1-2-3-4-5-6-7-8-9-10-13-19-16-20(24)18-21(17-19)28-22-14-11-12-15-23(22)29(25,26)27/h11-12,14-18,24H,2-10,13H2,1H3,(H,25,26,27). The molecule has 0 atom stereocenters. The van der Waals surface area contributed by atoms with Gasteiger partial charge in [-0.15, -0.1) is 0 Å². The minimum absolute atomic E-state index is 0.0228. The molecule has 0 fully saturated rings. The van der Waals surface area contributed by atoms with Crippen molar-refractivity contribution in [1.29, 1.82) is 0 Å². The number of phenolic OH excluding ortho intramolecular Hbond substituents is 1. The second kappa shape index (κ2) is 11.8. The number of unbranched alkanes of at least 4 members (excludes halogenated alkanes) is 8. The average molecular weight is 421 g/mol. The van der Waals surface area contributed by atoms with Crippen LogP contribution in [0.25, 0.3) is 0 Å². The van der Waals surface area contributed by atoms with Crippen molar-refractivity contribution < 1.29 is 22.8 Å². The van der Waals surface area contributed by atoms with E-state index in [1.807, 2.05) is 0 Å². The van der Waals surface area contributed by atoms with Crippen molar-refractivity contribution in [2.45, 2.75) is 76.0 Å². The summed E-state index contributed by atoms with van der Waals surface area (Å²) in [4.78, 5) is -0.302. The van der Waals surface area contributed by atoms with Crippen LogP contribution in [0.3, 0.4) is 0 Å². The molecular weight excluding hydrogens is 388 g/mol. The lowest BCUT2D eigenvalue weighted by Gasteiger charge is -2.11. The zero-order valence-corrected chi connectivity index (χ0v) is 18.0. The van der Waals surface area contributed by atoms with Gasteiger partial charge in [-0.2, -0.15) is 8.42 Å². The van der Waals surface area contributed by atoms with Crippen LogP contribution in [0.2, 0.25) is 0 Å². The smallest absolute Gasteiger partial charge is 0.298 e. The third-order valence-corrected chi connectivity index (χ3v) is 5.77. The van der Waals surface area contributed by atoms with Crippen LogP contribution in [0.1, 0.15) is 70.3 Å². The first-order chi connectivity index (χ1) is 13.9. The number of hydrogen-bond donors (Lipinski definition) is 2. The Bertz CT molecular complexity index is 861. The quantitative estimate of drug-likeness (QED) is 0.285. The number of hydrogen-bond acceptors (Lipinski definition) is 4. The van der Waals surface area contributed by atoms with Gasteiger partial charge >= 0.3 is 0 Å². The minimum Gasteiger partial charge on any atom is -0.508 e. The van der Waals surface area contributed by atoms with Gasteiger partial charge < -0.3 is 9.84 Å². The molecular formula is C23H32O5S. The maximum absolute atomic E-state index is 11.5. The van der Waals surface area contributed by atoms with E-state index in [0.29, 0.717) is 5.75 Å². The Labute approximate surface area is 174 Å². The van der Waals surface area contributed by atoms with Gasteiger partial charge in [0.1, 0.15) is 22.1 Å². The second-order valence-corrected chi connectivity index (χ2v) is 8.83. The maximum Gasteiger partial charge on any atom is 0.298 e. The van der Waals surface area contributed by atoms with Crippen LogP contribution in [-0.2, 0) is 16.5 Å². The third-order valence-electron chi connectivity index (χ3n) is 4.87. The Morgan fingerprint density at radius 3 is 2.14 bits per heavy atom. The van der Waals surface area contributed by atoms with Gasteiger partial charge in [0.05, 0.1) is 0 Å². The van der Waals surface area contributed by atoms with Crippen molar-refractivity contribution >= 4 is 10.1 Å². The van der Waals surface area contributed by atoms with E-state index in [-0.39, 0.29) is 16.4 Å². The molecule has 6 heteroatoms. The molecule has 0 spiro atoms. The van der Waals surface area contributed by atoms with Crippen molar-refractivity contribution in [1.82, 2.24) is 0 Å². The summed E-state index contributed by atoms with van der Waals surface area (Å²) in [6.45, 7) is 2.23. The molecule has 0 radical (unpaired) electrons. The van der Waals surface area contributed by atoms with Crippen LogP contribution >= 0.6 is 0 Å². The molecule has 2 rings (SSSR count). The predicted molar refractivity (Wildman–Crippen MR) is 115 cm³/mol. The van der Waals surface area contributed by atoms with Crippen molar-refractivity contribution in [3.63, 3.8) is 0 Å². The first-order valence-electron chi connectivity index (χ1n) is 10.5. The molecule has 0 aromatic heterocycles. The van der Waals surface area contributed by atoms with E-state index < -0.39 is 10.1 Å². The fraction of sp³-hybridized carbons (Fsp3) is 0.478. The molecule has 2 N–H and O–H groups in total. The fourth-order valence-electron chi connectivity index (χ4n) is 3.36. The molecule has 2 aromatic rings. The molecule has 0 unspecified atom stereocenters. The Morgan fingerprint density at radius 2 is 1.48 bits per heavy atom. The highest BCUT2D eigenvalue weighted by Gasteiger charge is 2.16. The van der Waals surface area contributed by atoms with E-state index in [1.54, 1.807) is 18.2 Å². The lowest BCUT2D eigenvalue weighted by atomic mass is 10.0. The third kappa shape index (κ3) is 8.46. The second-order valence-electron chi connectivity index (χ2n) is 7.44. The highest BCUT2D eigenvalue weighted by Crippen LogP contribution is 2.31. The number of phenols is 1. The molecule has 29 heavy (non-hydrogen) atoms. The van der Waals surface area contributed by atoms with Crippen LogP contribution in [0, 0.1) is 0 Å². The SMILES string of the molecule is CCCCCCCCCCCc1cc(O)cc(Oc2ccccc2S(=O)(=O)O)c1. The van der Waals surface area contributed by atoms with Gasteiger partial charge in [-0.25, -0.2) is 0 Å². The first kappa shape index (κ1) is 23.2. The van der Waals surface area contributed by atoms with Gasteiger partial charge in [0.15, 0.2) is 0 Å². The van der Waals surface area contributed by atoms with Gasteiger partial charge in [-0.1, -0.05) is 70.4 Å². The Balaban J connectivity index is 1.88. The summed E-state index contributed by atoms with van der Waals surface area (Å²) in [6, 6.07) is 10.8. The van der Waals surface area contributed by atoms with E-state index in [0.717, 1.165) is 24.8 Å². The lowest BCUT2D eigenvalue weighted by Crippen LogP contribution is -2.01. The topological polar surface area (TPSA) is 83.8 Å². The number of aryl methyl sites for hydroxylation is 1. The normalized spacial score (nSPS) is 11.5. The Morgan fingerprint density at radius 1 is 0.862 bits per heavy atom. The maximum atomic E-state index is 11.5. The molecule has 0 saturated carbocycles. The first-order valence-corrected chi connectivity index (χ1v) is 11.9. The van der Waals surface area contributed by atoms with Crippen molar-refractivity contribution in [2.24, 2.45) is 0 Å². The monoisotopic (exact) mass is 420 g/mol. The molecule has 0 aliphatic rings. The Kier molecular flexibility index (Phi) is 9.48. The minimum atomic E-state index is -4.39. The van der Waals surface area contributed by atoms with Gasteiger partial charge in [-0.3, -0.25) is 4.55 Å². The van der Waals surface area contributed by atoms with E-state index in [2.05, 4.69) is 6.92 Å². The summed E-state index contributed by atoms with van der Waals surface area (Å²) in [5.41, 5.74) is 0.937. The van der Waals surface area contributed by atoms with Crippen molar-refractivity contribution in [3.05, 3.63) is 48.0 Å². The number of ether oxygens (including phenoxy) is 1. The zero-order chi connectivity index (χ0) is 21.1. The van der Waals surface area contributed by atoms with Crippen LogP contribution in [0.15, 0.2) is 47.4 Å². The summed E-state index contributed by atoms with van der Waals surface area (Å²) in [5, 5.41) is 10.00. The van der Waals surface area contributed by atoms with Crippen LogP contribution in [0.5, 0.6) is 17.2 Å². The number of para-hydroxylation sites is 1. The van der Waals surface area contributed by atoms with Crippen LogP contribution in [0.4, 0.5) is 0 Å². The summed E-state index contributed by atoms with van der Waals surface area (Å²) in [6.07, 6.45) is 12.0. The van der Waals surface area contributed by atoms with E-state index in [9.17, 15) is 18.1 Å². The lowest BCUT2D eigenvalue weighted by molar-refractivity contribution is 0.439. The molecule has 5 nitrogen and oxygen atoms in total. The summed E-state index contributed by atoms with van der Waals surface area (Å²) in [7, 11) is -4.39. The largest absolute Gasteiger partial charge is 0.508 e. The van der Waals surface area contributed by atoms with Crippen molar-refractivity contribution in [2.75, 3.05) is 0 Å². The molecule has 2 aromatic carbocycles. The van der Waals surface area contributed by atoms with E-state index >= 15 is 0 Å². The highest BCUT2D eigenvalue weighted by atomic mass is 32.2. The molecule has 0 heterocycles. The predicted octanol–water partition coefficient (Wildman–Crippen LogP) is 6.50. The molecule has 0 bridgehead atoms. The molecule has 0 amide bonds. The van der Waals surface area contributed by atoms with E-state index in [4.69, 9.17) is 4.74 Å².